The summed E-state index contributed by atoms with van der Waals surface area (Å²) in [6, 6.07) is 17.9. The van der Waals surface area contributed by atoms with Gasteiger partial charge in [0.25, 0.3) is 0 Å². The van der Waals surface area contributed by atoms with Gasteiger partial charge in [0.05, 0.1) is 18.0 Å². The molecular formula is C28H40O6S. The maximum atomic E-state index is 12.3. The van der Waals surface area contributed by atoms with E-state index in [1.807, 2.05) is 61.5 Å². The van der Waals surface area contributed by atoms with Crippen molar-refractivity contribution in [3.05, 3.63) is 65.7 Å². The third kappa shape index (κ3) is 12.8. The van der Waals surface area contributed by atoms with Crippen LogP contribution in [0.1, 0.15) is 68.9 Å². The fourth-order valence-corrected chi connectivity index (χ4v) is 5.16. The van der Waals surface area contributed by atoms with Crippen LogP contribution in [0.2, 0.25) is 0 Å². The Bertz CT molecular complexity index is 957. The molecule has 0 aliphatic carbocycles. The van der Waals surface area contributed by atoms with Gasteiger partial charge in [-0.05, 0) is 56.7 Å². The Kier molecular flexibility index (Phi) is 12.8. The summed E-state index contributed by atoms with van der Waals surface area (Å²) in [4.78, 5) is 10.6. The smallest absolute Gasteiger partial charge is 0.303 e. The monoisotopic (exact) mass is 504 g/mol. The molecule has 0 saturated carbocycles. The summed E-state index contributed by atoms with van der Waals surface area (Å²) in [5, 5.41) is 8.35. The summed E-state index contributed by atoms with van der Waals surface area (Å²) in [6.45, 7) is 2.92. The highest BCUT2D eigenvalue weighted by atomic mass is 32.2. The van der Waals surface area contributed by atoms with Crippen LogP contribution in [-0.2, 0) is 26.0 Å². The summed E-state index contributed by atoms with van der Waals surface area (Å²) in [5.74, 6) is 0.00947. The second kappa shape index (κ2) is 15.6. The predicted molar refractivity (Wildman–Crippen MR) is 140 cm³/mol. The summed E-state index contributed by atoms with van der Waals surface area (Å²) >= 11 is 0. The van der Waals surface area contributed by atoms with Crippen molar-refractivity contribution in [2.45, 2.75) is 82.7 Å². The van der Waals surface area contributed by atoms with E-state index in [4.69, 9.17) is 14.6 Å². The van der Waals surface area contributed by atoms with Gasteiger partial charge in [-0.3, -0.25) is 4.79 Å². The van der Waals surface area contributed by atoms with E-state index in [1.54, 1.807) is 0 Å². The summed E-state index contributed by atoms with van der Waals surface area (Å²) in [7, 11) is -3.15. The molecule has 6 nitrogen and oxygen atoms in total. The first-order valence-electron chi connectivity index (χ1n) is 12.5. The number of hydrogen-bond acceptors (Lipinski definition) is 5. The molecule has 194 valence electrons. The molecule has 0 saturated heterocycles. The molecule has 0 aromatic heterocycles. The van der Waals surface area contributed by atoms with Crippen LogP contribution >= 0.6 is 0 Å². The Morgan fingerprint density at radius 3 is 2.20 bits per heavy atom. The zero-order valence-electron chi connectivity index (χ0n) is 21.0. The van der Waals surface area contributed by atoms with Crippen molar-refractivity contribution in [1.29, 1.82) is 0 Å². The maximum absolute atomic E-state index is 12.3. The lowest BCUT2D eigenvalue weighted by molar-refractivity contribution is -0.137. The van der Waals surface area contributed by atoms with Gasteiger partial charge in [0.2, 0.25) is 0 Å². The second-order valence-electron chi connectivity index (χ2n) is 9.27. The normalized spacial score (nSPS) is 13.3. The van der Waals surface area contributed by atoms with E-state index in [0.29, 0.717) is 38.9 Å². The molecule has 0 fully saturated rings. The summed E-state index contributed by atoms with van der Waals surface area (Å²) in [5.41, 5.74) is 2.26. The molecule has 0 aliphatic heterocycles. The van der Waals surface area contributed by atoms with Crippen molar-refractivity contribution >= 4 is 15.8 Å². The van der Waals surface area contributed by atoms with Crippen LogP contribution in [0.4, 0.5) is 0 Å². The lowest BCUT2D eigenvalue weighted by Crippen LogP contribution is -2.24. The Morgan fingerprint density at radius 1 is 0.886 bits per heavy atom. The molecule has 7 heteroatoms. The quantitative estimate of drug-likeness (QED) is 0.252. The summed E-state index contributed by atoms with van der Waals surface area (Å²) in [6.07, 6.45) is 7.08. The van der Waals surface area contributed by atoms with E-state index in [0.717, 1.165) is 37.0 Å². The van der Waals surface area contributed by atoms with Crippen molar-refractivity contribution < 1.29 is 27.8 Å². The first-order chi connectivity index (χ1) is 16.7. The number of sulfone groups is 1. The SMILES string of the molecule is Cc1ccc(OCC(CCCC(CCCCCCC(=O)O)S(C)(=O)=O)OCc2ccccc2)cc1. The molecule has 0 bridgehead atoms. The van der Waals surface area contributed by atoms with Crippen molar-refractivity contribution in [2.75, 3.05) is 12.9 Å². The number of aliphatic carboxylic acids is 1. The van der Waals surface area contributed by atoms with Crippen LogP contribution in [0, 0.1) is 6.92 Å². The predicted octanol–water partition coefficient (Wildman–Crippen LogP) is 5.97. The van der Waals surface area contributed by atoms with Crippen molar-refractivity contribution in [3.63, 3.8) is 0 Å². The molecule has 0 spiro atoms. The standard InChI is InChI=1S/C28H40O6S/c1-23-17-19-25(20-18-23)34-22-26(33-21-24-11-6-5-7-12-24)13-10-15-27(35(2,31)32)14-8-3-4-9-16-28(29)30/h5-7,11-12,17-20,26-27H,3-4,8-10,13-16,21-22H2,1-2H3,(H,29,30). The highest BCUT2D eigenvalue weighted by Gasteiger charge is 2.21. The molecule has 1 N–H and O–H groups in total. The Morgan fingerprint density at radius 2 is 1.54 bits per heavy atom. The van der Waals surface area contributed by atoms with Crippen LogP contribution in [0.15, 0.2) is 54.6 Å². The molecule has 2 aromatic rings. The fraction of sp³-hybridized carbons (Fsp3) is 0.536. The molecule has 2 aromatic carbocycles. The minimum atomic E-state index is -3.15. The number of ether oxygens (including phenoxy) is 2. The van der Waals surface area contributed by atoms with Crippen LogP contribution < -0.4 is 4.74 Å². The minimum Gasteiger partial charge on any atom is -0.491 e. The number of aryl methyl sites for hydroxylation is 1. The number of carboxylic acid groups (broad SMARTS) is 1. The zero-order chi connectivity index (χ0) is 25.5. The van der Waals surface area contributed by atoms with Gasteiger partial charge < -0.3 is 14.6 Å². The fourth-order valence-electron chi connectivity index (χ4n) is 3.97. The minimum absolute atomic E-state index is 0.146. The van der Waals surface area contributed by atoms with Gasteiger partial charge in [-0.1, -0.05) is 67.3 Å². The molecule has 35 heavy (non-hydrogen) atoms. The highest BCUT2D eigenvalue weighted by molar-refractivity contribution is 7.91. The van der Waals surface area contributed by atoms with Gasteiger partial charge in [0.15, 0.2) is 0 Å². The number of carboxylic acids is 1. The third-order valence-electron chi connectivity index (χ3n) is 6.11. The lowest BCUT2D eigenvalue weighted by Gasteiger charge is -2.21. The van der Waals surface area contributed by atoms with Crippen molar-refractivity contribution in [2.24, 2.45) is 0 Å². The van der Waals surface area contributed by atoms with E-state index in [-0.39, 0.29) is 17.8 Å². The van der Waals surface area contributed by atoms with Gasteiger partial charge in [-0.25, -0.2) is 8.42 Å². The number of rotatable bonds is 18. The molecule has 0 heterocycles. The van der Waals surface area contributed by atoms with E-state index < -0.39 is 15.8 Å². The first-order valence-corrected chi connectivity index (χ1v) is 14.4. The van der Waals surface area contributed by atoms with Gasteiger partial charge in [-0.15, -0.1) is 0 Å². The first kappa shape index (κ1) is 28.9. The van der Waals surface area contributed by atoms with Gasteiger partial charge >= 0.3 is 5.97 Å². The van der Waals surface area contributed by atoms with E-state index in [1.165, 1.54) is 11.8 Å². The van der Waals surface area contributed by atoms with Gasteiger partial charge in [-0.2, -0.15) is 0 Å². The Balaban J connectivity index is 1.85. The van der Waals surface area contributed by atoms with Gasteiger partial charge in [0.1, 0.15) is 22.2 Å². The zero-order valence-corrected chi connectivity index (χ0v) is 21.8. The van der Waals surface area contributed by atoms with E-state index >= 15 is 0 Å². The van der Waals surface area contributed by atoms with E-state index in [2.05, 4.69) is 0 Å². The molecule has 2 rings (SSSR count). The van der Waals surface area contributed by atoms with Crippen molar-refractivity contribution in [3.8, 4) is 5.75 Å². The van der Waals surface area contributed by atoms with Crippen LogP contribution in [-0.4, -0.2) is 43.7 Å². The molecular weight excluding hydrogens is 464 g/mol. The second-order valence-corrected chi connectivity index (χ2v) is 11.6. The maximum Gasteiger partial charge on any atom is 0.303 e. The topological polar surface area (TPSA) is 89.9 Å². The van der Waals surface area contributed by atoms with Crippen molar-refractivity contribution in [1.82, 2.24) is 0 Å². The number of carbonyl (C=O) groups is 1. The Hall–Kier alpha value is -2.38. The van der Waals surface area contributed by atoms with Crippen LogP contribution in [0.3, 0.4) is 0 Å². The lowest BCUT2D eigenvalue weighted by atomic mass is 10.0. The molecule has 0 amide bonds. The number of unbranched alkanes of at least 4 members (excludes halogenated alkanes) is 3. The van der Waals surface area contributed by atoms with E-state index in [9.17, 15) is 13.2 Å². The molecule has 0 radical (unpaired) electrons. The number of benzene rings is 2. The van der Waals surface area contributed by atoms with Gasteiger partial charge in [0, 0.05) is 12.7 Å². The average Bonchev–Trinajstić information content (AvgIpc) is 2.82. The largest absolute Gasteiger partial charge is 0.491 e. The number of hydrogen-bond donors (Lipinski definition) is 1. The highest BCUT2D eigenvalue weighted by Crippen LogP contribution is 2.20. The van der Waals surface area contributed by atoms with Crippen LogP contribution in [0.25, 0.3) is 0 Å². The Labute approximate surface area is 210 Å². The third-order valence-corrected chi connectivity index (χ3v) is 7.79. The van der Waals surface area contributed by atoms with Crippen LogP contribution in [0.5, 0.6) is 5.75 Å². The summed E-state index contributed by atoms with van der Waals surface area (Å²) < 4.78 is 36.8. The average molecular weight is 505 g/mol. The molecule has 2 atom stereocenters. The molecule has 0 aliphatic rings. The molecule has 2 unspecified atom stereocenters.